The number of benzene rings is 1. The Kier molecular flexibility index (Phi) is 4.07. The Morgan fingerprint density at radius 1 is 1.17 bits per heavy atom. The molecule has 2 nitrogen and oxygen atoms in total. The quantitative estimate of drug-likeness (QED) is 0.585. The molecule has 0 fully saturated rings. The molecular formula is C8H12FNOSi. The van der Waals surface area contributed by atoms with Crippen LogP contribution in [-0.2, 0) is 0 Å². The van der Waals surface area contributed by atoms with Crippen LogP contribution < -0.4 is 10.3 Å². The van der Waals surface area contributed by atoms with Crippen LogP contribution in [0, 0.1) is 0 Å². The van der Waals surface area contributed by atoms with Crippen LogP contribution in [0.3, 0.4) is 0 Å². The lowest BCUT2D eigenvalue weighted by molar-refractivity contribution is 0.239. The van der Waals surface area contributed by atoms with Crippen molar-refractivity contribution in [3.63, 3.8) is 0 Å². The molecule has 1 aromatic rings. The highest BCUT2D eigenvalue weighted by Gasteiger charge is 2.01. The first-order chi connectivity index (χ1) is 4.97. The smallest absolute Gasteiger partial charge is 0.162 e. The maximum Gasteiger partial charge on any atom is 0.162 e. The molecule has 66 valence electrons. The number of hydrogen-bond donors (Lipinski definition) is 1. The van der Waals surface area contributed by atoms with Gasteiger partial charge in [-0.25, -0.2) is 5.48 Å². The Balaban J connectivity index is 0.000000605. The molecule has 1 aliphatic rings. The van der Waals surface area contributed by atoms with Gasteiger partial charge in [0.2, 0.25) is 0 Å². The summed E-state index contributed by atoms with van der Waals surface area (Å²) in [5, 5.41) is 0. The number of rotatable bonds is 0. The molecule has 0 atom stereocenters. The lowest BCUT2D eigenvalue weighted by Crippen LogP contribution is -2.13. The minimum Gasteiger partial charge on any atom is -0.382 e. The fraction of sp³-hybridized carbons (Fsp3) is 0. The van der Waals surface area contributed by atoms with Crippen molar-refractivity contribution in [1.82, 2.24) is 5.48 Å². The van der Waals surface area contributed by atoms with Gasteiger partial charge in [0.05, 0.1) is 0 Å². The molecule has 0 radical (unpaired) electrons. The van der Waals surface area contributed by atoms with Gasteiger partial charge in [0.25, 0.3) is 0 Å². The first-order valence-electron chi connectivity index (χ1n) is 3.15. The molecule has 0 amide bonds. The van der Waals surface area contributed by atoms with Gasteiger partial charge in [-0.3, -0.25) is 4.70 Å². The second kappa shape index (κ2) is 4.56. The predicted molar refractivity (Wildman–Crippen MR) is 53.1 cm³/mol. The number of fused-ring (bicyclic) bond motifs is 1. The van der Waals surface area contributed by atoms with Crippen LogP contribution in [0.15, 0.2) is 30.5 Å². The zero-order valence-electron chi connectivity index (χ0n) is 5.78. The zero-order valence-corrected chi connectivity index (χ0v) is 5.78. The second-order valence-corrected chi connectivity index (χ2v) is 2.09. The molecule has 0 aliphatic carbocycles. The van der Waals surface area contributed by atoms with Crippen molar-refractivity contribution in [3.05, 3.63) is 36.0 Å². The molecule has 0 bridgehead atoms. The van der Waals surface area contributed by atoms with Crippen LogP contribution >= 0.6 is 0 Å². The van der Waals surface area contributed by atoms with Gasteiger partial charge in [0.15, 0.2) is 5.75 Å². The first kappa shape index (κ1) is 10.7. The van der Waals surface area contributed by atoms with Crippen LogP contribution in [0.5, 0.6) is 5.75 Å². The second-order valence-electron chi connectivity index (χ2n) is 2.09. The molecule has 0 aromatic heterocycles. The summed E-state index contributed by atoms with van der Waals surface area (Å²) >= 11 is 0. The van der Waals surface area contributed by atoms with Crippen molar-refractivity contribution in [3.8, 4) is 5.75 Å². The first-order valence-corrected chi connectivity index (χ1v) is 3.15. The van der Waals surface area contributed by atoms with Gasteiger partial charge in [-0.15, -0.1) is 0 Å². The topological polar surface area (TPSA) is 21.3 Å². The molecule has 1 aliphatic heterocycles. The van der Waals surface area contributed by atoms with Crippen molar-refractivity contribution < 1.29 is 9.54 Å². The number of hydrogen-bond acceptors (Lipinski definition) is 2. The molecule has 0 saturated carbocycles. The average Bonchev–Trinajstić information content (AvgIpc) is 2.05. The third kappa shape index (κ3) is 1.85. The average molecular weight is 185 g/mol. The van der Waals surface area contributed by atoms with Gasteiger partial charge in [-0.2, -0.15) is 0 Å². The van der Waals surface area contributed by atoms with Gasteiger partial charge < -0.3 is 4.84 Å². The molecule has 12 heavy (non-hydrogen) atoms. The SMILES string of the molecule is C1=Cc2ccccc2ON1.F.[SiH4]. The summed E-state index contributed by atoms with van der Waals surface area (Å²) in [6, 6.07) is 7.86. The van der Waals surface area contributed by atoms with E-state index in [4.69, 9.17) is 4.84 Å². The highest BCUT2D eigenvalue weighted by atomic mass is 28.1. The monoisotopic (exact) mass is 185 g/mol. The standard InChI is InChI=1S/C8H7NO.FH.H4Si/c1-2-4-8-7(3-1)5-6-9-10-8;;/h1-6,9H;1H;1H4. The highest BCUT2D eigenvalue weighted by Crippen LogP contribution is 2.20. The van der Waals surface area contributed by atoms with E-state index in [1.165, 1.54) is 0 Å². The lowest BCUT2D eigenvalue weighted by atomic mass is 10.2. The molecule has 0 spiro atoms. The molecular weight excluding hydrogens is 173 g/mol. The third-order valence-electron chi connectivity index (χ3n) is 1.42. The lowest BCUT2D eigenvalue weighted by Gasteiger charge is -2.11. The number of hydroxylamine groups is 1. The van der Waals surface area contributed by atoms with Gasteiger partial charge in [0.1, 0.15) is 0 Å². The Labute approximate surface area is 74.6 Å². The molecule has 1 heterocycles. The molecule has 0 unspecified atom stereocenters. The van der Waals surface area contributed by atoms with Crippen LogP contribution in [-0.4, -0.2) is 11.0 Å². The van der Waals surface area contributed by atoms with E-state index in [0.29, 0.717) is 0 Å². The van der Waals surface area contributed by atoms with Crippen molar-refractivity contribution in [2.45, 2.75) is 0 Å². The van der Waals surface area contributed by atoms with Crippen LogP contribution in [0.25, 0.3) is 6.08 Å². The summed E-state index contributed by atoms with van der Waals surface area (Å²) in [7, 11) is 0. The van der Waals surface area contributed by atoms with E-state index in [2.05, 4.69) is 5.48 Å². The van der Waals surface area contributed by atoms with Gasteiger partial charge in [-0.05, 0) is 23.1 Å². The van der Waals surface area contributed by atoms with Crippen LogP contribution in [0.2, 0.25) is 0 Å². The van der Waals surface area contributed by atoms with E-state index in [0.717, 1.165) is 11.3 Å². The number of nitrogens with one attached hydrogen (secondary N) is 1. The zero-order chi connectivity index (χ0) is 6.81. The van der Waals surface area contributed by atoms with Gasteiger partial charge in [-0.1, -0.05) is 18.2 Å². The number of para-hydroxylation sites is 1. The Bertz CT molecular complexity index is 278. The van der Waals surface area contributed by atoms with E-state index in [-0.39, 0.29) is 15.7 Å². The Hall–Kier alpha value is -1.29. The van der Waals surface area contributed by atoms with Crippen LogP contribution in [0.4, 0.5) is 4.70 Å². The molecule has 0 saturated heterocycles. The van der Waals surface area contributed by atoms with Gasteiger partial charge >= 0.3 is 0 Å². The van der Waals surface area contributed by atoms with Crippen molar-refractivity contribution >= 4 is 17.0 Å². The Morgan fingerprint density at radius 2 is 1.92 bits per heavy atom. The minimum absolute atomic E-state index is 0. The summed E-state index contributed by atoms with van der Waals surface area (Å²) in [5.74, 6) is 0.880. The normalized spacial score (nSPS) is 11.0. The van der Waals surface area contributed by atoms with E-state index in [9.17, 15) is 0 Å². The van der Waals surface area contributed by atoms with Crippen LogP contribution in [0.1, 0.15) is 5.56 Å². The van der Waals surface area contributed by atoms with Crippen molar-refractivity contribution in [2.24, 2.45) is 0 Å². The van der Waals surface area contributed by atoms with Gasteiger partial charge in [0, 0.05) is 11.8 Å². The van der Waals surface area contributed by atoms with E-state index < -0.39 is 0 Å². The van der Waals surface area contributed by atoms with E-state index >= 15 is 0 Å². The maximum absolute atomic E-state index is 5.09. The summed E-state index contributed by atoms with van der Waals surface area (Å²) in [6.45, 7) is 0. The summed E-state index contributed by atoms with van der Waals surface area (Å²) < 4.78 is 0. The minimum atomic E-state index is 0. The third-order valence-corrected chi connectivity index (χ3v) is 1.42. The maximum atomic E-state index is 5.09. The number of halogens is 1. The molecule has 1 aromatic carbocycles. The fourth-order valence-electron chi connectivity index (χ4n) is 0.932. The van der Waals surface area contributed by atoms with Crippen molar-refractivity contribution in [1.29, 1.82) is 0 Å². The molecule has 2 rings (SSSR count). The Morgan fingerprint density at radius 3 is 2.67 bits per heavy atom. The largest absolute Gasteiger partial charge is 0.382 e. The summed E-state index contributed by atoms with van der Waals surface area (Å²) in [4.78, 5) is 5.09. The predicted octanol–water partition coefficient (Wildman–Crippen LogP) is 0.255. The molecule has 4 heteroatoms. The summed E-state index contributed by atoms with van der Waals surface area (Å²) in [6.07, 6.45) is 3.74. The van der Waals surface area contributed by atoms with E-state index in [1.807, 2.05) is 30.3 Å². The van der Waals surface area contributed by atoms with Crippen molar-refractivity contribution in [2.75, 3.05) is 0 Å². The summed E-state index contributed by atoms with van der Waals surface area (Å²) in [5.41, 5.74) is 3.77. The van der Waals surface area contributed by atoms with E-state index in [1.54, 1.807) is 6.20 Å². The fourth-order valence-corrected chi connectivity index (χ4v) is 0.932. The highest BCUT2D eigenvalue weighted by molar-refractivity contribution is 5.75. The molecule has 1 N–H and O–H groups in total.